The number of halogens is 2. The maximum atomic E-state index is 13.3. The molecule has 0 amide bonds. The highest BCUT2D eigenvalue weighted by Crippen LogP contribution is 2.29. The Bertz CT molecular complexity index is 568. The van der Waals surface area contributed by atoms with Gasteiger partial charge in [0, 0.05) is 12.2 Å². The van der Waals surface area contributed by atoms with E-state index in [0.717, 1.165) is 5.69 Å². The van der Waals surface area contributed by atoms with E-state index in [4.69, 9.17) is 11.6 Å². The Morgan fingerprint density at radius 2 is 2.05 bits per heavy atom. The number of pyridine rings is 1. The van der Waals surface area contributed by atoms with Crippen LogP contribution < -0.4 is 5.32 Å². The van der Waals surface area contributed by atoms with Gasteiger partial charge in [-0.25, -0.2) is 4.39 Å². The Balaban J connectivity index is 2.51. The molecule has 0 saturated carbocycles. The molecular weight excluding hydrogens is 267 g/mol. The molecule has 102 valence electrons. The minimum atomic E-state index is -0.371. The van der Waals surface area contributed by atoms with Crippen LogP contribution in [-0.4, -0.2) is 21.8 Å². The molecule has 0 spiro atoms. The standard InChI is InChI=1S/C13H16ClFN4/c1-8(2)19-13(11(14)7-18-19)12(16-3)9-4-10(15)6-17-5-9/h4-8,12,16H,1-3H3. The summed E-state index contributed by atoms with van der Waals surface area (Å²) in [4.78, 5) is 3.88. The lowest BCUT2D eigenvalue weighted by Gasteiger charge is -2.20. The second-order valence-electron chi connectivity index (χ2n) is 4.57. The zero-order chi connectivity index (χ0) is 14.0. The lowest BCUT2D eigenvalue weighted by atomic mass is 10.1. The molecule has 2 aromatic heterocycles. The summed E-state index contributed by atoms with van der Waals surface area (Å²) in [5.41, 5.74) is 1.53. The second-order valence-corrected chi connectivity index (χ2v) is 4.98. The molecule has 2 aromatic rings. The van der Waals surface area contributed by atoms with Gasteiger partial charge in [0.2, 0.25) is 0 Å². The monoisotopic (exact) mass is 282 g/mol. The summed E-state index contributed by atoms with van der Waals surface area (Å²) in [6.07, 6.45) is 4.41. The first-order chi connectivity index (χ1) is 9.04. The van der Waals surface area contributed by atoms with Crippen LogP contribution in [0.15, 0.2) is 24.7 Å². The molecule has 1 atom stereocenters. The fourth-order valence-electron chi connectivity index (χ4n) is 2.08. The van der Waals surface area contributed by atoms with Gasteiger partial charge in [-0.2, -0.15) is 5.10 Å². The first-order valence-corrected chi connectivity index (χ1v) is 6.43. The van der Waals surface area contributed by atoms with E-state index in [1.807, 2.05) is 18.5 Å². The van der Waals surface area contributed by atoms with Crippen LogP contribution in [-0.2, 0) is 0 Å². The first kappa shape index (κ1) is 14.0. The van der Waals surface area contributed by atoms with E-state index >= 15 is 0 Å². The van der Waals surface area contributed by atoms with Gasteiger partial charge in [0.1, 0.15) is 5.82 Å². The quantitative estimate of drug-likeness (QED) is 0.937. The van der Waals surface area contributed by atoms with Crippen molar-refractivity contribution < 1.29 is 4.39 Å². The van der Waals surface area contributed by atoms with Gasteiger partial charge in [0.25, 0.3) is 0 Å². The maximum absolute atomic E-state index is 13.3. The summed E-state index contributed by atoms with van der Waals surface area (Å²) < 4.78 is 15.1. The van der Waals surface area contributed by atoms with Gasteiger partial charge >= 0.3 is 0 Å². The third-order valence-electron chi connectivity index (χ3n) is 2.90. The number of hydrogen-bond donors (Lipinski definition) is 1. The molecule has 0 radical (unpaired) electrons. The van der Waals surface area contributed by atoms with Crippen LogP contribution in [0, 0.1) is 5.82 Å². The largest absolute Gasteiger partial charge is 0.308 e. The Kier molecular flexibility index (Phi) is 4.17. The second kappa shape index (κ2) is 5.67. The van der Waals surface area contributed by atoms with Gasteiger partial charge in [-0.1, -0.05) is 11.6 Å². The summed E-state index contributed by atoms with van der Waals surface area (Å²) in [5.74, 6) is -0.371. The van der Waals surface area contributed by atoms with Crippen molar-refractivity contribution in [2.24, 2.45) is 0 Å². The molecule has 0 saturated heterocycles. The van der Waals surface area contributed by atoms with E-state index in [1.54, 1.807) is 19.4 Å². The van der Waals surface area contributed by atoms with Crippen molar-refractivity contribution in [3.05, 3.63) is 46.8 Å². The fraction of sp³-hybridized carbons (Fsp3) is 0.385. The van der Waals surface area contributed by atoms with E-state index in [-0.39, 0.29) is 17.9 Å². The zero-order valence-corrected chi connectivity index (χ0v) is 11.8. The maximum Gasteiger partial charge on any atom is 0.141 e. The Labute approximate surface area is 116 Å². The van der Waals surface area contributed by atoms with E-state index in [9.17, 15) is 4.39 Å². The van der Waals surface area contributed by atoms with Gasteiger partial charge < -0.3 is 5.32 Å². The molecule has 6 heteroatoms. The molecule has 0 aliphatic carbocycles. The van der Waals surface area contributed by atoms with Gasteiger partial charge in [0.15, 0.2) is 0 Å². The van der Waals surface area contributed by atoms with Crippen molar-refractivity contribution in [2.75, 3.05) is 7.05 Å². The van der Waals surface area contributed by atoms with E-state index in [1.165, 1.54) is 12.3 Å². The van der Waals surface area contributed by atoms with Crippen molar-refractivity contribution in [1.82, 2.24) is 20.1 Å². The van der Waals surface area contributed by atoms with Gasteiger partial charge in [-0.3, -0.25) is 9.67 Å². The van der Waals surface area contributed by atoms with E-state index in [0.29, 0.717) is 10.6 Å². The topological polar surface area (TPSA) is 42.7 Å². The first-order valence-electron chi connectivity index (χ1n) is 6.05. The Morgan fingerprint density at radius 3 is 2.63 bits per heavy atom. The number of hydrogen-bond acceptors (Lipinski definition) is 3. The molecule has 2 rings (SSSR count). The fourth-order valence-corrected chi connectivity index (χ4v) is 2.32. The van der Waals surface area contributed by atoms with Crippen LogP contribution >= 0.6 is 11.6 Å². The van der Waals surface area contributed by atoms with Gasteiger partial charge in [-0.05, 0) is 32.5 Å². The molecule has 4 nitrogen and oxygen atoms in total. The molecule has 0 fully saturated rings. The predicted octanol–water partition coefficient (Wildman–Crippen LogP) is 2.96. The average Bonchev–Trinajstić information content (AvgIpc) is 2.73. The molecule has 0 bridgehead atoms. The minimum Gasteiger partial charge on any atom is -0.308 e. The summed E-state index contributed by atoms with van der Waals surface area (Å²) in [5, 5.41) is 7.95. The Morgan fingerprint density at radius 1 is 1.32 bits per heavy atom. The number of nitrogens with zero attached hydrogens (tertiary/aromatic N) is 3. The van der Waals surface area contributed by atoms with Crippen molar-refractivity contribution >= 4 is 11.6 Å². The third-order valence-corrected chi connectivity index (χ3v) is 3.19. The molecule has 0 aliphatic rings. The molecule has 19 heavy (non-hydrogen) atoms. The lowest BCUT2D eigenvalue weighted by Crippen LogP contribution is -2.23. The lowest BCUT2D eigenvalue weighted by molar-refractivity contribution is 0.483. The highest BCUT2D eigenvalue weighted by atomic mass is 35.5. The molecule has 0 aromatic carbocycles. The molecule has 0 aliphatic heterocycles. The molecular formula is C13H16ClFN4. The SMILES string of the molecule is CNC(c1cncc(F)c1)c1c(Cl)cnn1C(C)C. The normalized spacial score (nSPS) is 12.9. The predicted molar refractivity (Wildman–Crippen MR) is 72.7 cm³/mol. The van der Waals surface area contributed by atoms with E-state index in [2.05, 4.69) is 15.4 Å². The number of nitrogens with one attached hydrogen (secondary N) is 1. The van der Waals surface area contributed by atoms with Crippen LogP contribution in [0.5, 0.6) is 0 Å². The van der Waals surface area contributed by atoms with Crippen LogP contribution in [0.2, 0.25) is 5.02 Å². The van der Waals surface area contributed by atoms with Crippen LogP contribution in [0.4, 0.5) is 4.39 Å². The smallest absolute Gasteiger partial charge is 0.141 e. The molecule has 2 heterocycles. The highest BCUT2D eigenvalue weighted by Gasteiger charge is 2.22. The van der Waals surface area contributed by atoms with Gasteiger partial charge in [0.05, 0.1) is 29.2 Å². The number of aromatic nitrogens is 3. The van der Waals surface area contributed by atoms with Crippen LogP contribution in [0.1, 0.15) is 37.2 Å². The summed E-state index contributed by atoms with van der Waals surface area (Å²) in [6.45, 7) is 4.03. The number of rotatable bonds is 4. The molecule has 1 N–H and O–H groups in total. The summed E-state index contributed by atoms with van der Waals surface area (Å²) in [7, 11) is 1.80. The Hall–Kier alpha value is -1.46. The van der Waals surface area contributed by atoms with Crippen molar-refractivity contribution in [3.8, 4) is 0 Å². The highest BCUT2D eigenvalue weighted by molar-refractivity contribution is 6.31. The van der Waals surface area contributed by atoms with Gasteiger partial charge in [-0.15, -0.1) is 0 Å². The minimum absolute atomic E-state index is 0.167. The summed E-state index contributed by atoms with van der Waals surface area (Å²) in [6, 6.07) is 1.36. The summed E-state index contributed by atoms with van der Waals surface area (Å²) >= 11 is 6.21. The van der Waals surface area contributed by atoms with Crippen molar-refractivity contribution in [2.45, 2.75) is 25.9 Å². The van der Waals surface area contributed by atoms with Crippen LogP contribution in [0.3, 0.4) is 0 Å². The van der Waals surface area contributed by atoms with E-state index < -0.39 is 0 Å². The zero-order valence-electron chi connectivity index (χ0n) is 11.1. The molecule has 1 unspecified atom stereocenters. The van der Waals surface area contributed by atoms with Crippen molar-refractivity contribution in [3.63, 3.8) is 0 Å². The third kappa shape index (κ3) is 2.77. The van der Waals surface area contributed by atoms with Crippen LogP contribution in [0.25, 0.3) is 0 Å². The average molecular weight is 283 g/mol. The van der Waals surface area contributed by atoms with Crippen molar-refractivity contribution in [1.29, 1.82) is 0 Å².